The zero-order chi connectivity index (χ0) is 9.86. The largest absolute Gasteiger partial charge is 0.343 e. The molecule has 3 nitrogen and oxygen atoms in total. The fourth-order valence-electron chi connectivity index (χ4n) is 1.62. The third-order valence-corrected chi connectivity index (χ3v) is 2.28. The summed E-state index contributed by atoms with van der Waals surface area (Å²) < 4.78 is 11.0. The molecular formula is C11H11NO2. The summed E-state index contributed by atoms with van der Waals surface area (Å²) in [5, 5.41) is 8.74. The van der Waals surface area contributed by atoms with E-state index in [0.717, 1.165) is 5.56 Å². The summed E-state index contributed by atoms with van der Waals surface area (Å²) in [7, 11) is 0. The van der Waals surface area contributed by atoms with Gasteiger partial charge < -0.3 is 9.47 Å². The van der Waals surface area contributed by atoms with Gasteiger partial charge in [-0.05, 0) is 0 Å². The lowest BCUT2D eigenvalue weighted by molar-refractivity contribution is -0.161. The summed E-state index contributed by atoms with van der Waals surface area (Å²) in [6.45, 7) is 1.10. The molecule has 0 amide bonds. The van der Waals surface area contributed by atoms with Gasteiger partial charge in [-0.25, -0.2) is 0 Å². The van der Waals surface area contributed by atoms with E-state index in [0.29, 0.717) is 13.2 Å². The summed E-state index contributed by atoms with van der Waals surface area (Å²) in [6, 6.07) is 11.7. The highest BCUT2D eigenvalue weighted by Gasteiger charge is 2.38. The molecule has 0 aromatic heterocycles. The molecule has 0 bridgehead atoms. The lowest BCUT2D eigenvalue weighted by atomic mass is 10.0. The van der Waals surface area contributed by atoms with Crippen LogP contribution in [-0.2, 0) is 15.3 Å². The van der Waals surface area contributed by atoms with Gasteiger partial charge in [-0.15, -0.1) is 0 Å². The van der Waals surface area contributed by atoms with Crippen molar-refractivity contribution in [2.24, 2.45) is 0 Å². The maximum atomic E-state index is 8.74. The Morgan fingerprint density at radius 2 is 1.86 bits per heavy atom. The normalized spacial score (nSPS) is 19.1. The van der Waals surface area contributed by atoms with Gasteiger partial charge in [0, 0.05) is 5.56 Å². The average Bonchev–Trinajstić information content (AvgIpc) is 2.70. The van der Waals surface area contributed by atoms with Crippen molar-refractivity contribution >= 4 is 0 Å². The second-order valence-electron chi connectivity index (χ2n) is 3.15. The van der Waals surface area contributed by atoms with Crippen LogP contribution in [0.25, 0.3) is 0 Å². The molecule has 1 aliphatic heterocycles. The van der Waals surface area contributed by atoms with Crippen LogP contribution in [0.2, 0.25) is 0 Å². The highest BCUT2D eigenvalue weighted by atomic mass is 16.7. The van der Waals surface area contributed by atoms with Crippen LogP contribution in [-0.4, -0.2) is 13.2 Å². The van der Waals surface area contributed by atoms with Crippen molar-refractivity contribution in [3.05, 3.63) is 35.9 Å². The molecule has 3 heteroatoms. The van der Waals surface area contributed by atoms with Gasteiger partial charge in [0.05, 0.1) is 25.7 Å². The topological polar surface area (TPSA) is 42.2 Å². The van der Waals surface area contributed by atoms with Gasteiger partial charge in [-0.3, -0.25) is 0 Å². The quantitative estimate of drug-likeness (QED) is 0.712. The van der Waals surface area contributed by atoms with Crippen LogP contribution in [0, 0.1) is 11.3 Å². The monoisotopic (exact) mass is 189 g/mol. The van der Waals surface area contributed by atoms with E-state index in [1.54, 1.807) is 0 Å². The van der Waals surface area contributed by atoms with Gasteiger partial charge in [0.25, 0.3) is 0 Å². The van der Waals surface area contributed by atoms with E-state index in [1.807, 2.05) is 30.3 Å². The minimum atomic E-state index is -0.823. The Morgan fingerprint density at radius 3 is 2.43 bits per heavy atom. The summed E-state index contributed by atoms with van der Waals surface area (Å²) in [5.74, 6) is -0.823. The fraction of sp³-hybridized carbons (Fsp3) is 0.364. The molecule has 1 heterocycles. The first-order chi connectivity index (χ1) is 6.87. The Kier molecular flexibility index (Phi) is 2.49. The third kappa shape index (κ3) is 1.50. The Bertz CT molecular complexity index is 336. The Balaban J connectivity index is 2.32. The first-order valence-corrected chi connectivity index (χ1v) is 4.58. The van der Waals surface area contributed by atoms with Gasteiger partial charge >= 0.3 is 0 Å². The van der Waals surface area contributed by atoms with E-state index in [4.69, 9.17) is 14.7 Å². The van der Waals surface area contributed by atoms with E-state index in [1.165, 1.54) is 0 Å². The van der Waals surface area contributed by atoms with Gasteiger partial charge in [0.1, 0.15) is 0 Å². The van der Waals surface area contributed by atoms with Crippen LogP contribution in [0.3, 0.4) is 0 Å². The SMILES string of the molecule is N#CCC1(c2ccccc2)OCCO1. The molecule has 1 fully saturated rings. The minimum absolute atomic E-state index is 0.233. The van der Waals surface area contributed by atoms with Crippen molar-refractivity contribution in [2.75, 3.05) is 13.2 Å². The highest BCUT2D eigenvalue weighted by Crippen LogP contribution is 2.34. The Labute approximate surface area is 82.9 Å². The van der Waals surface area contributed by atoms with E-state index < -0.39 is 5.79 Å². The maximum absolute atomic E-state index is 8.74. The lowest BCUT2D eigenvalue weighted by Gasteiger charge is -2.24. The predicted molar refractivity (Wildman–Crippen MR) is 50.3 cm³/mol. The van der Waals surface area contributed by atoms with Crippen LogP contribution in [0.1, 0.15) is 12.0 Å². The summed E-state index contributed by atoms with van der Waals surface area (Å²) in [5.41, 5.74) is 0.916. The number of hydrogen-bond acceptors (Lipinski definition) is 3. The van der Waals surface area contributed by atoms with Crippen LogP contribution in [0.4, 0.5) is 0 Å². The number of benzene rings is 1. The summed E-state index contributed by atoms with van der Waals surface area (Å²) in [6.07, 6.45) is 0.233. The van der Waals surface area contributed by atoms with Crippen LogP contribution in [0.15, 0.2) is 30.3 Å². The molecule has 1 aliphatic rings. The number of hydrogen-bond donors (Lipinski definition) is 0. The molecule has 72 valence electrons. The molecule has 0 unspecified atom stereocenters. The number of rotatable bonds is 2. The number of nitrogens with zero attached hydrogens (tertiary/aromatic N) is 1. The molecule has 0 saturated carbocycles. The minimum Gasteiger partial charge on any atom is -0.343 e. The molecular weight excluding hydrogens is 178 g/mol. The Hall–Kier alpha value is -1.37. The molecule has 1 aromatic rings. The van der Waals surface area contributed by atoms with Crippen molar-refractivity contribution in [1.29, 1.82) is 5.26 Å². The third-order valence-electron chi connectivity index (χ3n) is 2.28. The first-order valence-electron chi connectivity index (χ1n) is 4.58. The van der Waals surface area contributed by atoms with Crippen LogP contribution < -0.4 is 0 Å². The van der Waals surface area contributed by atoms with Crippen molar-refractivity contribution in [3.63, 3.8) is 0 Å². The molecule has 1 aromatic carbocycles. The van der Waals surface area contributed by atoms with Crippen molar-refractivity contribution in [2.45, 2.75) is 12.2 Å². The summed E-state index contributed by atoms with van der Waals surface area (Å²) in [4.78, 5) is 0. The Morgan fingerprint density at radius 1 is 1.21 bits per heavy atom. The molecule has 0 radical (unpaired) electrons. The molecule has 0 N–H and O–H groups in total. The zero-order valence-corrected chi connectivity index (χ0v) is 7.77. The smallest absolute Gasteiger partial charge is 0.208 e. The number of nitriles is 1. The zero-order valence-electron chi connectivity index (χ0n) is 7.77. The second-order valence-corrected chi connectivity index (χ2v) is 3.15. The number of ether oxygens (including phenoxy) is 2. The van der Waals surface area contributed by atoms with Crippen LogP contribution in [0.5, 0.6) is 0 Å². The highest BCUT2D eigenvalue weighted by molar-refractivity contribution is 5.22. The van der Waals surface area contributed by atoms with E-state index >= 15 is 0 Å². The molecule has 0 atom stereocenters. The molecule has 14 heavy (non-hydrogen) atoms. The second kappa shape index (κ2) is 3.79. The van der Waals surface area contributed by atoms with Crippen LogP contribution >= 0.6 is 0 Å². The first kappa shape index (κ1) is 9.20. The lowest BCUT2D eigenvalue weighted by Crippen LogP contribution is -2.26. The van der Waals surface area contributed by atoms with Gasteiger partial charge in [0.2, 0.25) is 5.79 Å². The van der Waals surface area contributed by atoms with E-state index in [2.05, 4.69) is 6.07 Å². The molecule has 2 rings (SSSR count). The molecule has 0 spiro atoms. The molecule has 1 saturated heterocycles. The van der Waals surface area contributed by atoms with Gasteiger partial charge in [-0.1, -0.05) is 30.3 Å². The fourth-order valence-corrected chi connectivity index (χ4v) is 1.62. The van der Waals surface area contributed by atoms with Crippen molar-refractivity contribution in [1.82, 2.24) is 0 Å². The van der Waals surface area contributed by atoms with E-state index in [-0.39, 0.29) is 6.42 Å². The van der Waals surface area contributed by atoms with Crippen molar-refractivity contribution in [3.8, 4) is 6.07 Å². The maximum Gasteiger partial charge on any atom is 0.208 e. The average molecular weight is 189 g/mol. The van der Waals surface area contributed by atoms with Gasteiger partial charge in [-0.2, -0.15) is 5.26 Å². The molecule has 0 aliphatic carbocycles. The van der Waals surface area contributed by atoms with Gasteiger partial charge in [0.15, 0.2) is 0 Å². The predicted octanol–water partition coefficient (Wildman–Crippen LogP) is 1.80. The summed E-state index contributed by atoms with van der Waals surface area (Å²) >= 11 is 0. The van der Waals surface area contributed by atoms with E-state index in [9.17, 15) is 0 Å². The van der Waals surface area contributed by atoms with Crippen molar-refractivity contribution < 1.29 is 9.47 Å². The standard InChI is InChI=1S/C11H11NO2/c12-7-6-11(13-8-9-14-11)10-4-2-1-3-5-10/h1-5H,6,8-9H2.